The van der Waals surface area contributed by atoms with E-state index in [4.69, 9.17) is 15.2 Å². The van der Waals surface area contributed by atoms with Crippen molar-refractivity contribution in [3.63, 3.8) is 0 Å². The molecule has 1 fully saturated rings. The van der Waals surface area contributed by atoms with Crippen molar-refractivity contribution in [1.82, 2.24) is 9.97 Å². The van der Waals surface area contributed by atoms with E-state index in [2.05, 4.69) is 20.6 Å². The summed E-state index contributed by atoms with van der Waals surface area (Å²) in [5, 5.41) is 16.9. The van der Waals surface area contributed by atoms with Crippen LogP contribution in [0.1, 0.15) is 32.3 Å². The maximum absolute atomic E-state index is 15.3. The number of pyridine rings is 2. The van der Waals surface area contributed by atoms with Gasteiger partial charge in [-0.05, 0) is 62.6 Å². The monoisotopic (exact) mass is 481 g/mol. The van der Waals surface area contributed by atoms with Crippen LogP contribution in [0.25, 0.3) is 21.9 Å². The Morgan fingerprint density at radius 1 is 1.29 bits per heavy atom. The number of halogens is 1. The second-order valence-electron chi connectivity index (χ2n) is 9.67. The summed E-state index contributed by atoms with van der Waals surface area (Å²) >= 11 is 0. The fourth-order valence-corrected chi connectivity index (χ4v) is 4.58. The molecule has 1 saturated carbocycles. The standard InChI is InChI=1S/C25H28FN5O4/c1-12-17(10-30-23-22(12)28-4-5-34-23)16-6-13-7-19(29-11-18(13)21(27)20(16)26)31-24(32)35-15-8-14(9-15)25(2,3)33/h6-7,10-11,14-15,28,33H,4-5,8-9,27H2,1-3H3,(H,29,31,32)/t14-,15+. The van der Waals surface area contributed by atoms with Crippen molar-refractivity contribution in [3.05, 3.63) is 35.9 Å². The van der Waals surface area contributed by atoms with Crippen LogP contribution in [0, 0.1) is 18.7 Å². The van der Waals surface area contributed by atoms with Crippen LogP contribution in [0.5, 0.6) is 5.88 Å². The van der Waals surface area contributed by atoms with Crippen LogP contribution in [0.4, 0.5) is 26.4 Å². The van der Waals surface area contributed by atoms with E-state index < -0.39 is 17.5 Å². The van der Waals surface area contributed by atoms with E-state index in [1.54, 1.807) is 32.2 Å². The lowest BCUT2D eigenvalue weighted by atomic mass is 9.72. The molecular weight excluding hydrogens is 453 g/mol. The minimum absolute atomic E-state index is 0.0346. The van der Waals surface area contributed by atoms with E-state index in [1.807, 2.05) is 6.92 Å². The molecule has 0 atom stereocenters. The highest BCUT2D eigenvalue weighted by Crippen LogP contribution is 2.40. The molecule has 3 heterocycles. The summed E-state index contributed by atoms with van der Waals surface area (Å²) in [6.45, 7) is 6.53. The molecule has 1 aliphatic heterocycles. The number of carbonyl (C=O) groups is 1. The molecule has 0 saturated heterocycles. The number of nitrogens with zero attached hydrogens (tertiary/aromatic N) is 2. The fourth-order valence-electron chi connectivity index (χ4n) is 4.58. The lowest BCUT2D eigenvalue weighted by Gasteiger charge is -2.41. The molecule has 0 radical (unpaired) electrons. The largest absolute Gasteiger partial charge is 0.474 e. The number of ether oxygens (including phenoxy) is 2. The molecule has 1 aromatic carbocycles. The van der Waals surface area contributed by atoms with Crippen molar-refractivity contribution in [1.29, 1.82) is 0 Å². The average molecular weight is 482 g/mol. The highest BCUT2D eigenvalue weighted by atomic mass is 19.1. The third-order valence-corrected chi connectivity index (χ3v) is 6.83. The Morgan fingerprint density at radius 3 is 2.80 bits per heavy atom. The SMILES string of the molecule is Cc1c(-c2cc3cc(NC(=O)O[C@H]4C[C@@H](C(C)(C)O)C4)ncc3c(N)c2F)cnc2c1NCCO2. The van der Waals surface area contributed by atoms with Gasteiger partial charge in [-0.3, -0.25) is 5.32 Å². The molecule has 5 N–H and O–H groups in total. The first-order valence-electron chi connectivity index (χ1n) is 11.6. The summed E-state index contributed by atoms with van der Waals surface area (Å²) in [5.41, 5.74) is 7.71. The van der Waals surface area contributed by atoms with Gasteiger partial charge in [-0.1, -0.05) is 0 Å². The van der Waals surface area contributed by atoms with Gasteiger partial charge in [0.25, 0.3) is 0 Å². The summed E-state index contributed by atoms with van der Waals surface area (Å²) in [7, 11) is 0. The third-order valence-electron chi connectivity index (χ3n) is 6.83. The normalized spacial score (nSPS) is 19.2. The van der Waals surface area contributed by atoms with Crippen LogP contribution in [-0.2, 0) is 4.74 Å². The van der Waals surface area contributed by atoms with Crippen LogP contribution >= 0.6 is 0 Å². The van der Waals surface area contributed by atoms with Crippen LogP contribution in [-0.4, -0.2) is 46.0 Å². The van der Waals surface area contributed by atoms with E-state index in [0.29, 0.717) is 53.8 Å². The molecule has 0 unspecified atom stereocenters. The molecule has 9 nitrogen and oxygen atoms in total. The van der Waals surface area contributed by atoms with Gasteiger partial charge < -0.3 is 25.6 Å². The number of benzene rings is 1. The number of nitrogen functional groups attached to an aromatic ring is 1. The summed E-state index contributed by atoms with van der Waals surface area (Å²) in [6.07, 6.45) is 3.33. The minimum atomic E-state index is -0.793. The molecule has 1 aliphatic carbocycles. The number of carbonyl (C=O) groups excluding carboxylic acids is 1. The van der Waals surface area contributed by atoms with Crippen LogP contribution < -0.4 is 21.1 Å². The maximum atomic E-state index is 15.3. The first kappa shape index (κ1) is 23.1. The molecule has 3 aromatic rings. The number of amides is 1. The van der Waals surface area contributed by atoms with Gasteiger partial charge in [-0.15, -0.1) is 0 Å². The van der Waals surface area contributed by atoms with Gasteiger partial charge in [0.2, 0.25) is 5.88 Å². The number of hydrogen-bond acceptors (Lipinski definition) is 8. The zero-order valence-electron chi connectivity index (χ0n) is 19.8. The molecule has 1 amide bonds. The van der Waals surface area contributed by atoms with Crippen molar-refractivity contribution in [2.24, 2.45) is 5.92 Å². The topological polar surface area (TPSA) is 132 Å². The van der Waals surface area contributed by atoms with Gasteiger partial charge >= 0.3 is 6.09 Å². The number of aromatic nitrogens is 2. The predicted molar refractivity (Wildman–Crippen MR) is 131 cm³/mol. The van der Waals surface area contributed by atoms with Gasteiger partial charge in [-0.25, -0.2) is 19.2 Å². The Kier molecular flexibility index (Phi) is 5.63. The third kappa shape index (κ3) is 4.29. The number of nitrogens with two attached hydrogens (primary N) is 1. The first-order valence-corrected chi connectivity index (χ1v) is 11.6. The van der Waals surface area contributed by atoms with Gasteiger partial charge in [0, 0.05) is 35.5 Å². The van der Waals surface area contributed by atoms with E-state index in [0.717, 1.165) is 11.3 Å². The molecular formula is C25H28FN5O4. The van der Waals surface area contributed by atoms with Gasteiger partial charge in [0.05, 0.1) is 11.3 Å². The molecule has 0 spiro atoms. The van der Waals surface area contributed by atoms with Crippen molar-refractivity contribution < 1.29 is 23.8 Å². The Bertz CT molecular complexity index is 1320. The number of fused-ring (bicyclic) bond motifs is 2. The quantitative estimate of drug-likeness (QED) is 0.407. The van der Waals surface area contributed by atoms with Gasteiger partial charge in [0.15, 0.2) is 5.82 Å². The molecule has 0 bridgehead atoms. The zero-order valence-corrected chi connectivity index (χ0v) is 19.8. The smallest absolute Gasteiger partial charge is 0.413 e. The Hall–Kier alpha value is -3.66. The second kappa shape index (κ2) is 8.53. The molecule has 2 aliphatic rings. The number of hydrogen-bond donors (Lipinski definition) is 4. The van der Waals surface area contributed by atoms with Crippen LogP contribution in [0.3, 0.4) is 0 Å². The molecule has 5 rings (SSSR count). The van der Waals surface area contributed by atoms with E-state index in [-0.39, 0.29) is 23.5 Å². The van der Waals surface area contributed by atoms with E-state index in [1.165, 1.54) is 6.20 Å². The Balaban J connectivity index is 1.40. The Labute approximate surface area is 201 Å². The summed E-state index contributed by atoms with van der Waals surface area (Å²) < 4.78 is 26.3. The van der Waals surface area contributed by atoms with Crippen LogP contribution in [0.2, 0.25) is 0 Å². The lowest BCUT2D eigenvalue weighted by Crippen LogP contribution is -2.45. The first-order chi connectivity index (χ1) is 16.6. The fraction of sp³-hybridized carbons (Fsp3) is 0.400. The van der Waals surface area contributed by atoms with Crippen molar-refractivity contribution in [3.8, 4) is 17.0 Å². The molecule has 35 heavy (non-hydrogen) atoms. The molecule has 10 heteroatoms. The molecule has 2 aromatic heterocycles. The van der Waals surface area contributed by atoms with Gasteiger partial charge in [-0.2, -0.15) is 0 Å². The minimum Gasteiger partial charge on any atom is -0.474 e. The van der Waals surface area contributed by atoms with Gasteiger partial charge in [0.1, 0.15) is 24.2 Å². The van der Waals surface area contributed by atoms with E-state index >= 15 is 4.39 Å². The highest BCUT2D eigenvalue weighted by Gasteiger charge is 2.40. The molecule has 184 valence electrons. The number of anilines is 3. The summed E-state index contributed by atoms with van der Waals surface area (Å²) in [6, 6.07) is 3.29. The maximum Gasteiger partial charge on any atom is 0.413 e. The zero-order chi connectivity index (χ0) is 24.9. The van der Waals surface area contributed by atoms with Crippen molar-refractivity contribution in [2.45, 2.75) is 45.3 Å². The average Bonchev–Trinajstić information content (AvgIpc) is 2.78. The number of nitrogens with one attached hydrogen (secondary N) is 2. The van der Waals surface area contributed by atoms with E-state index in [9.17, 15) is 9.90 Å². The summed E-state index contributed by atoms with van der Waals surface area (Å²) in [5.74, 6) is 0.278. The number of aliphatic hydroxyl groups is 1. The van der Waals surface area contributed by atoms with Crippen molar-refractivity contribution in [2.75, 3.05) is 29.5 Å². The predicted octanol–water partition coefficient (Wildman–Crippen LogP) is 4.23. The number of rotatable bonds is 4. The van der Waals surface area contributed by atoms with Crippen molar-refractivity contribution >= 4 is 34.1 Å². The van der Waals surface area contributed by atoms with Crippen LogP contribution in [0.15, 0.2) is 24.5 Å². The second-order valence-corrected chi connectivity index (χ2v) is 9.67. The Morgan fingerprint density at radius 2 is 2.06 bits per heavy atom. The lowest BCUT2D eigenvalue weighted by molar-refractivity contribution is -0.0776. The summed E-state index contributed by atoms with van der Waals surface area (Å²) in [4.78, 5) is 20.9. The highest BCUT2D eigenvalue weighted by molar-refractivity contribution is 5.99.